The summed E-state index contributed by atoms with van der Waals surface area (Å²) in [4.78, 5) is 10.8. The number of hydrogen-bond donors (Lipinski definition) is 4. The van der Waals surface area contributed by atoms with Crippen LogP contribution in [0, 0.1) is 0 Å². The maximum Gasteiger partial charge on any atom is 0.488 e. The van der Waals surface area contributed by atoms with Gasteiger partial charge in [0.1, 0.15) is 5.78 Å². The molecule has 4 rings (SSSR count). The highest BCUT2D eigenvalue weighted by molar-refractivity contribution is 6.58. The number of hydrogen-bond acceptors (Lipinski definition) is 11. The van der Waals surface area contributed by atoms with E-state index in [2.05, 4.69) is 20.4 Å². The van der Waals surface area contributed by atoms with Gasteiger partial charge in [0.25, 0.3) is 0 Å². The van der Waals surface area contributed by atoms with E-state index >= 15 is 0 Å². The van der Waals surface area contributed by atoms with Crippen molar-refractivity contribution >= 4 is 30.9 Å². The second-order valence-corrected chi connectivity index (χ2v) is 8.30. The van der Waals surface area contributed by atoms with Crippen LogP contribution in [0.4, 0.5) is 0 Å². The zero-order valence-electron chi connectivity index (χ0n) is 20.6. The van der Waals surface area contributed by atoms with Crippen molar-refractivity contribution < 1.29 is 33.7 Å². The van der Waals surface area contributed by atoms with Crippen molar-refractivity contribution in [3.63, 3.8) is 0 Å². The number of carbonyl (C=O) groups excluding carboxylic acids is 1. The Morgan fingerprint density at radius 3 is 1.54 bits per heavy atom. The number of nitrogens with zero attached hydrogens (tertiary/aromatic N) is 4. The lowest BCUT2D eigenvalue weighted by Crippen LogP contribution is -2.29. The first-order valence-corrected chi connectivity index (χ1v) is 11.8. The highest BCUT2D eigenvalue weighted by Crippen LogP contribution is 2.18. The first kappa shape index (κ1) is 27.9. The van der Waals surface area contributed by atoms with Crippen LogP contribution in [0.5, 0.6) is 0 Å². The van der Waals surface area contributed by atoms with Gasteiger partial charge in [0.2, 0.25) is 23.6 Å². The highest BCUT2D eigenvalue weighted by atomic mass is 16.4. The molecule has 11 nitrogen and oxygen atoms in total. The highest BCUT2D eigenvalue weighted by Gasteiger charge is 2.14. The van der Waals surface area contributed by atoms with Crippen LogP contribution in [-0.4, -0.2) is 60.5 Å². The largest absolute Gasteiger partial charge is 0.488 e. The summed E-state index contributed by atoms with van der Waals surface area (Å²) in [5.74, 6) is 2.08. The van der Waals surface area contributed by atoms with Gasteiger partial charge in [-0.15, -0.1) is 20.4 Å². The minimum atomic E-state index is -1.49. The van der Waals surface area contributed by atoms with E-state index in [1.165, 1.54) is 0 Å². The van der Waals surface area contributed by atoms with Crippen LogP contribution in [0.2, 0.25) is 0 Å². The van der Waals surface area contributed by atoms with Crippen LogP contribution < -0.4 is 10.9 Å². The summed E-state index contributed by atoms with van der Waals surface area (Å²) in [6.07, 6.45) is 3.48. The molecule has 0 unspecified atom stereocenters. The quantitative estimate of drug-likeness (QED) is 0.223. The van der Waals surface area contributed by atoms with Gasteiger partial charge >= 0.3 is 14.2 Å². The monoisotopic (exact) mass is 506 g/mol. The molecule has 4 N–H and O–H groups in total. The average molecular weight is 506 g/mol. The lowest BCUT2D eigenvalue weighted by atomic mass is 9.80. The van der Waals surface area contributed by atoms with Crippen molar-refractivity contribution in [2.45, 2.75) is 46.0 Å². The molecule has 0 aliphatic carbocycles. The van der Waals surface area contributed by atoms with Crippen molar-refractivity contribution in [1.29, 1.82) is 0 Å². The number of carbonyl (C=O) groups is 1. The maximum absolute atomic E-state index is 10.8. The van der Waals surface area contributed by atoms with E-state index in [1.807, 2.05) is 6.92 Å². The Bertz CT molecular complexity index is 1260. The molecule has 0 atom stereocenters. The lowest BCUT2D eigenvalue weighted by molar-refractivity contribution is -0.117. The molecule has 0 saturated heterocycles. The van der Waals surface area contributed by atoms with E-state index in [0.717, 1.165) is 18.4 Å². The summed E-state index contributed by atoms with van der Waals surface area (Å²) in [6.45, 7) is 3.59. The molecule has 0 fully saturated rings. The fourth-order valence-electron chi connectivity index (χ4n) is 3.24. The zero-order valence-corrected chi connectivity index (χ0v) is 20.6. The number of rotatable bonds is 10. The van der Waals surface area contributed by atoms with Gasteiger partial charge in [0, 0.05) is 30.4 Å². The summed E-state index contributed by atoms with van der Waals surface area (Å²) in [6, 6.07) is 13.2. The molecule has 192 valence electrons. The van der Waals surface area contributed by atoms with Gasteiger partial charge in [-0.2, -0.15) is 0 Å². The van der Waals surface area contributed by atoms with Crippen molar-refractivity contribution in [2.24, 2.45) is 0 Å². The van der Waals surface area contributed by atoms with Crippen molar-refractivity contribution in [2.75, 3.05) is 0 Å². The first-order chi connectivity index (χ1) is 17.8. The van der Waals surface area contributed by atoms with E-state index < -0.39 is 14.2 Å². The van der Waals surface area contributed by atoms with Crippen molar-refractivity contribution in [3.8, 4) is 22.9 Å². The number of aryl methyl sites for hydroxylation is 2. The molecule has 13 heteroatoms. The molecule has 0 radical (unpaired) electrons. The molecule has 0 aliphatic heterocycles. The number of aromatic nitrogens is 4. The van der Waals surface area contributed by atoms with Crippen molar-refractivity contribution in [3.05, 3.63) is 60.3 Å². The molecule has 2 heterocycles. The summed E-state index contributed by atoms with van der Waals surface area (Å²) in [7, 11) is -2.95. The second-order valence-electron chi connectivity index (χ2n) is 8.30. The fraction of sp³-hybridized carbons (Fsp3) is 0.292. The Morgan fingerprint density at radius 1 is 0.730 bits per heavy atom. The molecule has 4 aromatic rings. The molecule has 2 aromatic carbocycles. The molecule has 0 saturated carbocycles. The average Bonchev–Trinajstić information content (AvgIpc) is 3.55. The standard InChI is InChI=1S/C13H15BN2O4.C11H13BN2O3/c1-9(17)3-2-4-12-15-16-13(20-12)10-5-7-11(8-6-10)14(18)19;1-2-3-10-13-14-11(17-10)8-4-6-9(7-5-8)12(15)16/h5-8,18-19H,2-4H2,1H3;4-7,15-16H,2-3H2,1H3. The van der Waals surface area contributed by atoms with Gasteiger partial charge < -0.3 is 33.7 Å². The molecular weight excluding hydrogens is 478 g/mol. The minimum Gasteiger partial charge on any atom is -0.423 e. The summed E-state index contributed by atoms with van der Waals surface area (Å²) in [5, 5.41) is 51.7. The lowest BCUT2D eigenvalue weighted by Gasteiger charge is -1.99. The molecule has 37 heavy (non-hydrogen) atoms. The van der Waals surface area contributed by atoms with Gasteiger partial charge in [-0.3, -0.25) is 0 Å². The van der Waals surface area contributed by atoms with Crippen LogP contribution in [0.15, 0.2) is 57.4 Å². The number of benzene rings is 2. The Hall–Kier alpha value is -3.64. The van der Waals surface area contributed by atoms with Crippen LogP contribution in [-0.2, 0) is 17.6 Å². The topological polar surface area (TPSA) is 176 Å². The predicted octanol–water partition coefficient (Wildman–Crippen LogP) is 0.697. The van der Waals surface area contributed by atoms with E-state index in [9.17, 15) is 4.79 Å². The fourth-order valence-corrected chi connectivity index (χ4v) is 3.24. The van der Waals surface area contributed by atoms with Crippen molar-refractivity contribution in [1.82, 2.24) is 20.4 Å². The summed E-state index contributed by atoms with van der Waals surface area (Å²) < 4.78 is 11.0. The van der Waals surface area contributed by atoms with Crippen LogP contribution in [0.1, 0.15) is 44.9 Å². The predicted molar refractivity (Wildman–Crippen MR) is 137 cm³/mol. The second kappa shape index (κ2) is 13.6. The molecule has 0 amide bonds. The summed E-state index contributed by atoms with van der Waals surface area (Å²) >= 11 is 0. The zero-order chi connectivity index (χ0) is 26.8. The summed E-state index contributed by atoms with van der Waals surface area (Å²) in [5.41, 5.74) is 2.31. The van der Waals surface area contributed by atoms with Gasteiger partial charge in [-0.05, 0) is 55.0 Å². The third-order valence-electron chi connectivity index (χ3n) is 5.23. The molecule has 0 bridgehead atoms. The van der Waals surface area contributed by atoms with E-state index in [1.54, 1.807) is 55.5 Å². The smallest absolute Gasteiger partial charge is 0.423 e. The third-order valence-corrected chi connectivity index (χ3v) is 5.23. The molecule has 0 aliphatic rings. The number of Topliss-reactive ketones (excluding diaryl/α,β-unsaturated/α-hetero) is 1. The Labute approximate surface area is 214 Å². The van der Waals surface area contributed by atoms with Gasteiger partial charge in [-0.1, -0.05) is 31.2 Å². The minimum absolute atomic E-state index is 0.142. The molecule has 2 aromatic heterocycles. The Kier molecular flexibility index (Phi) is 10.3. The van der Waals surface area contributed by atoms with Crippen LogP contribution >= 0.6 is 0 Å². The number of ketones is 1. The normalized spacial score (nSPS) is 10.5. The Balaban J connectivity index is 0.000000208. The third kappa shape index (κ3) is 8.46. The SMILES string of the molecule is CC(=O)CCCc1nnc(-c2ccc(B(O)O)cc2)o1.CCCc1nnc(-c2ccc(B(O)O)cc2)o1. The van der Waals surface area contributed by atoms with Gasteiger partial charge in [-0.25, -0.2) is 0 Å². The van der Waals surface area contributed by atoms with Gasteiger partial charge in [0.15, 0.2) is 0 Å². The van der Waals surface area contributed by atoms with E-state index in [-0.39, 0.29) is 5.78 Å². The van der Waals surface area contributed by atoms with Gasteiger partial charge in [0.05, 0.1) is 0 Å². The van der Waals surface area contributed by atoms with Crippen LogP contribution in [0.3, 0.4) is 0 Å². The molecular formula is C24H28B2N4O7. The van der Waals surface area contributed by atoms with E-state index in [4.69, 9.17) is 28.9 Å². The van der Waals surface area contributed by atoms with Crippen LogP contribution in [0.25, 0.3) is 22.9 Å². The van der Waals surface area contributed by atoms with E-state index in [0.29, 0.717) is 59.3 Å². The molecule has 0 spiro atoms. The maximum atomic E-state index is 10.8. The Morgan fingerprint density at radius 2 is 1.16 bits per heavy atom. The first-order valence-electron chi connectivity index (χ1n) is 11.8.